The number of methoxy groups -OCH3 is 1. The quantitative estimate of drug-likeness (QED) is 0.815. The number of hydrogen-bond donors (Lipinski definition) is 1. The highest BCUT2D eigenvalue weighted by Crippen LogP contribution is 2.25. The van der Waals surface area contributed by atoms with Gasteiger partial charge in [0.15, 0.2) is 0 Å². The minimum Gasteiger partial charge on any atom is -0.378 e. The smallest absolute Gasteiger partial charge is 0.0958 e. The molecule has 0 fully saturated rings. The van der Waals surface area contributed by atoms with Gasteiger partial charge in [0.1, 0.15) is 0 Å². The summed E-state index contributed by atoms with van der Waals surface area (Å²) in [6.07, 6.45) is 0. The summed E-state index contributed by atoms with van der Waals surface area (Å²) in [6.45, 7) is 5.82. The zero-order valence-corrected chi connectivity index (χ0v) is 10.1. The minimum atomic E-state index is 0.501. The van der Waals surface area contributed by atoms with Crippen LogP contribution in [0.25, 0.3) is 0 Å². The van der Waals surface area contributed by atoms with E-state index in [0.717, 1.165) is 12.2 Å². The van der Waals surface area contributed by atoms with Crippen molar-refractivity contribution in [3.63, 3.8) is 0 Å². The van der Waals surface area contributed by atoms with Crippen molar-refractivity contribution in [1.29, 1.82) is 0 Å². The average Bonchev–Trinajstić information content (AvgIpc) is 2.50. The van der Waals surface area contributed by atoms with Gasteiger partial charge in [0.2, 0.25) is 0 Å². The van der Waals surface area contributed by atoms with E-state index >= 15 is 0 Å². The van der Waals surface area contributed by atoms with E-state index in [2.05, 4.69) is 24.1 Å². The average molecular weight is 214 g/mol. The van der Waals surface area contributed by atoms with E-state index in [-0.39, 0.29) is 0 Å². The van der Waals surface area contributed by atoms with Gasteiger partial charge >= 0.3 is 0 Å². The summed E-state index contributed by atoms with van der Waals surface area (Å²) < 4.78 is 5.12. The van der Waals surface area contributed by atoms with E-state index in [0.29, 0.717) is 12.5 Å². The molecule has 0 atom stereocenters. The number of nitrogens with zero attached hydrogens (tertiary/aromatic N) is 1. The molecule has 0 aliphatic rings. The summed E-state index contributed by atoms with van der Waals surface area (Å²) in [4.78, 5) is 5.86. The second-order valence-corrected chi connectivity index (χ2v) is 4.66. The molecular formula is C10H18N2OS. The SMILES string of the molecule is CNCc1sc(C(C)C)nc1COC. The van der Waals surface area contributed by atoms with Crippen molar-refractivity contribution < 1.29 is 4.74 Å². The van der Waals surface area contributed by atoms with Gasteiger partial charge in [0.05, 0.1) is 17.3 Å². The molecular weight excluding hydrogens is 196 g/mol. The minimum absolute atomic E-state index is 0.501. The van der Waals surface area contributed by atoms with Crippen LogP contribution in [-0.2, 0) is 17.9 Å². The van der Waals surface area contributed by atoms with Gasteiger partial charge < -0.3 is 10.1 Å². The standard InChI is InChI=1S/C10H18N2OS/c1-7(2)10-12-8(6-13-4)9(14-10)5-11-3/h7,11H,5-6H2,1-4H3. The van der Waals surface area contributed by atoms with Crippen molar-refractivity contribution in [2.75, 3.05) is 14.2 Å². The van der Waals surface area contributed by atoms with Crippen LogP contribution < -0.4 is 5.32 Å². The fourth-order valence-electron chi connectivity index (χ4n) is 1.20. The Morgan fingerprint density at radius 2 is 2.21 bits per heavy atom. The van der Waals surface area contributed by atoms with Gasteiger partial charge in [-0.2, -0.15) is 0 Å². The van der Waals surface area contributed by atoms with Crippen molar-refractivity contribution in [3.8, 4) is 0 Å². The van der Waals surface area contributed by atoms with E-state index in [1.807, 2.05) is 7.05 Å². The Hall–Kier alpha value is -0.450. The number of hydrogen-bond acceptors (Lipinski definition) is 4. The molecule has 1 aromatic rings. The predicted molar refractivity (Wildman–Crippen MR) is 59.7 cm³/mol. The lowest BCUT2D eigenvalue weighted by atomic mass is 10.2. The first-order valence-electron chi connectivity index (χ1n) is 4.81. The van der Waals surface area contributed by atoms with Gasteiger partial charge in [0.25, 0.3) is 0 Å². The summed E-state index contributed by atoms with van der Waals surface area (Å²) in [5, 5.41) is 4.35. The molecule has 1 N–H and O–H groups in total. The largest absolute Gasteiger partial charge is 0.378 e. The van der Waals surface area contributed by atoms with E-state index in [1.165, 1.54) is 9.88 Å². The summed E-state index contributed by atoms with van der Waals surface area (Å²) in [6, 6.07) is 0. The summed E-state index contributed by atoms with van der Waals surface area (Å²) in [7, 11) is 3.66. The van der Waals surface area contributed by atoms with Crippen molar-refractivity contribution >= 4 is 11.3 Å². The highest BCUT2D eigenvalue weighted by Gasteiger charge is 2.12. The fourth-order valence-corrected chi connectivity index (χ4v) is 2.28. The zero-order chi connectivity index (χ0) is 10.6. The topological polar surface area (TPSA) is 34.2 Å². The van der Waals surface area contributed by atoms with Gasteiger partial charge in [-0.15, -0.1) is 11.3 Å². The highest BCUT2D eigenvalue weighted by molar-refractivity contribution is 7.11. The van der Waals surface area contributed by atoms with Crippen LogP contribution in [-0.4, -0.2) is 19.1 Å². The van der Waals surface area contributed by atoms with Crippen LogP contribution in [0.2, 0.25) is 0 Å². The van der Waals surface area contributed by atoms with Crippen LogP contribution in [0.3, 0.4) is 0 Å². The van der Waals surface area contributed by atoms with Crippen LogP contribution in [0.1, 0.15) is 35.3 Å². The molecule has 0 aliphatic carbocycles. The molecule has 0 unspecified atom stereocenters. The monoisotopic (exact) mass is 214 g/mol. The summed E-state index contributed by atoms with van der Waals surface area (Å²) in [5.41, 5.74) is 1.08. The van der Waals surface area contributed by atoms with E-state index in [1.54, 1.807) is 18.4 Å². The molecule has 0 bridgehead atoms. The van der Waals surface area contributed by atoms with Crippen LogP contribution in [0, 0.1) is 0 Å². The second-order valence-electron chi connectivity index (χ2n) is 3.54. The Morgan fingerprint density at radius 3 is 2.71 bits per heavy atom. The molecule has 0 saturated carbocycles. The molecule has 1 heterocycles. The van der Waals surface area contributed by atoms with Crippen molar-refractivity contribution in [2.24, 2.45) is 0 Å². The molecule has 80 valence electrons. The number of rotatable bonds is 5. The maximum absolute atomic E-state index is 5.12. The molecule has 1 rings (SSSR count). The molecule has 0 amide bonds. The van der Waals surface area contributed by atoms with Crippen molar-refractivity contribution in [3.05, 3.63) is 15.6 Å². The van der Waals surface area contributed by atoms with Gasteiger partial charge in [-0.3, -0.25) is 0 Å². The van der Waals surface area contributed by atoms with Gasteiger partial charge in [0, 0.05) is 24.4 Å². The molecule has 0 spiro atoms. The Morgan fingerprint density at radius 1 is 1.50 bits per heavy atom. The second kappa shape index (κ2) is 5.44. The number of nitrogens with one attached hydrogen (secondary N) is 1. The Balaban J connectivity index is 2.87. The maximum Gasteiger partial charge on any atom is 0.0958 e. The third kappa shape index (κ3) is 2.77. The third-order valence-corrected chi connectivity index (χ3v) is 3.31. The molecule has 0 aromatic carbocycles. The maximum atomic E-state index is 5.12. The molecule has 3 nitrogen and oxygen atoms in total. The highest BCUT2D eigenvalue weighted by atomic mass is 32.1. The lowest BCUT2D eigenvalue weighted by Crippen LogP contribution is -2.06. The van der Waals surface area contributed by atoms with Crippen LogP contribution in [0.15, 0.2) is 0 Å². The summed E-state index contributed by atoms with van der Waals surface area (Å²) >= 11 is 1.78. The summed E-state index contributed by atoms with van der Waals surface area (Å²) in [5.74, 6) is 0.501. The van der Waals surface area contributed by atoms with Crippen LogP contribution in [0.5, 0.6) is 0 Å². The fraction of sp³-hybridized carbons (Fsp3) is 0.700. The Kier molecular flexibility index (Phi) is 4.51. The molecule has 0 radical (unpaired) electrons. The molecule has 14 heavy (non-hydrogen) atoms. The molecule has 0 aliphatic heterocycles. The molecule has 1 aromatic heterocycles. The van der Waals surface area contributed by atoms with Crippen molar-refractivity contribution in [2.45, 2.75) is 32.9 Å². The number of ether oxygens (including phenoxy) is 1. The normalized spacial score (nSPS) is 11.2. The molecule has 4 heteroatoms. The first-order chi connectivity index (χ1) is 6.69. The Bertz CT molecular complexity index is 260. The van der Waals surface area contributed by atoms with Crippen molar-refractivity contribution in [1.82, 2.24) is 10.3 Å². The molecule has 0 saturated heterocycles. The third-order valence-electron chi connectivity index (χ3n) is 1.91. The predicted octanol–water partition coefficient (Wildman–Crippen LogP) is 2.13. The number of aromatic nitrogens is 1. The van der Waals surface area contributed by atoms with E-state index in [4.69, 9.17) is 4.74 Å². The first-order valence-corrected chi connectivity index (χ1v) is 5.62. The van der Waals surface area contributed by atoms with Crippen LogP contribution >= 0.6 is 11.3 Å². The van der Waals surface area contributed by atoms with Crippen LogP contribution in [0.4, 0.5) is 0 Å². The first kappa shape index (κ1) is 11.6. The van der Waals surface area contributed by atoms with Gasteiger partial charge in [-0.05, 0) is 7.05 Å². The van der Waals surface area contributed by atoms with Gasteiger partial charge in [-0.25, -0.2) is 4.98 Å². The lowest BCUT2D eigenvalue weighted by Gasteiger charge is -1.98. The van der Waals surface area contributed by atoms with E-state index < -0.39 is 0 Å². The number of thiazole rings is 1. The van der Waals surface area contributed by atoms with E-state index in [9.17, 15) is 0 Å². The Labute approximate surface area is 89.5 Å². The lowest BCUT2D eigenvalue weighted by molar-refractivity contribution is 0.181. The zero-order valence-electron chi connectivity index (χ0n) is 9.26. The van der Waals surface area contributed by atoms with Gasteiger partial charge in [-0.1, -0.05) is 13.8 Å².